The van der Waals surface area contributed by atoms with Crippen molar-refractivity contribution in [2.24, 2.45) is 5.11 Å². The van der Waals surface area contributed by atoms with E-state index in [-0.39, 0.29) is 19.4 Å². The molecule has 0 fully saturated rings. The fourth-order valence-corrected chi connectivity index (χ4v) is 2.61. The van der Waals surface area contributed by atoms with Crippen LogP contribution in [0.5, 0.6) is 0 Å². The van der Waals surface area contributed by atoms with Gasteiger partial charge in [-0.3, -0.25) is 4.79 Å². The molecule has 0 aliphatic heterocycles. The first kappa shape index (κ1) is 20.6. The summed E-state index contributed by atoms with van der Waals surface area (Å²) in [5, 5.41) is 6.22. The summed E-state index contributed by atoms with van der Waals surface area (Å²) < 4.78 is 4.99. The molecule has 0 heterocycles. The van der Waals surface area contributed by atoms with Gasteiger partial charge >= 0.3 is 5.97 Å². The number of ether oxygens (including phenoxy) is 1. The van der Waals surface area contributed by atoms with Crippen LogP contribution in [-0.2, 0) is 27.2 Å². The van der Waals surface area contributed by atoms with Crippen molar-refractivity contribution < 1.29 is 14.3 Å². The van der Waals surface area contributed by atoms with E-state index in [0.29, 0.717) is 0 Å². The number of hydrogen-bond donors (Lipinski definition) is 1. The first-order valence-corrected chi connectivity index (χ1v) is 8.66. The van der Waals surface area contributed by atoms with E-state index in [1.54, 1.807) is 0 Å². The van der Waals surface area contributed by atoms with Crippen LogP contribution in [0.3, 0.4) is 0 Å². The van der Waals surface area contributed by atoms with Gasteiger partial charge in [0.2, 0.25) is 5.91 Å². The second-order valence-electron chi connectivity index (χ2n) is 5.97. The van der Waals surface area contributed by atoms with E-state index in [1.165, 1.54) is 0 Å². The van der Waals surface area contributed by atoms with E-state index in [0.717, 1.165) is 11.1 Å². The molecule has 2 atom stereocenters. The van der Waals surface area contributed by atoms with Crippen molar-refractivity contribution in [3.8, 4) is 12.3 Å². The van der Waals surface area contributed by atoms with Gasteiger partial charge in [-0.05, 0) is 23.1 Å². The molecule has 0 aliphatic rings. The van der Waals surface area contributed by atoms with Crippen LogP contribution in [0.2, 0.25) is 0 Å². The van der Waals surface area contributed by atoms with Gasteiger partial charge < -0.3 is 10.1 Å². The minimum absolute atomic E-state index is 0.191. The lowest BCUT2D eigenvalue weighted by atomic mass is 10.0. The highest BCUT2D eigenvalue weighted by atomic mass is 16.5. The smallest absolute Gasteiger partial charge is 0.329 e. The number of rotatable bonds is 9. The van der Waals surface area contributed by atoms with E-state index < -0.39 is 24.0 Å². The first-order valence-electron chi connectivity index (χ1n) is 8.66. The average molecular weight is 376 g/mol. The number of benzene rings is 2. The summed E-state index contributed by atoms with van der Waals surface area (Å²) in [6, 6.07) is 16.4. The quantitative estimate of drug-likeness (QED) is 0.239. The van der Waals surface area contributed by atoms with Crippen molar-refractivity contribution in [1.82, 2.24) is 5.32 Å². The molecular weight excluding hydrogens is 356 g/mol. The van der Waals surface area contributed by atoms with E-state index >= 15 is 0 Å². The largest absolute Gasteiger partial charge is 0.451 e. The molecule has 7 nitrogen and oxygen atoms in total. The lowest BCUT2D eigenvalue weighted by Gasteiger charge is -2.19. The van der Waals surface area contributed by atoms with E-state index in [1.807, 2.05) is 60.7 Å². The van der Waals surface area contributed by atoms with Crippen molar-refractivity contribution in [1.29, 1.82) is 0 Å². The summed E-state index contributed by atoms with van der Waals surface area (Å²) in [6.45, 7) is -0.191. The maximum atomic E-state index is 12.7. The Morgan fingerprint density at radius 3 is 2.18 bits per heavy atom. The average Bonchev–Trinajstić information content (AvgIpc) is 2.72. The van der Waals surface area contributed by atoms with Crippen LogP contribution in [0.4, 0.5) is 0 Å². The minimum atomic E-state index is -0.994. The van der Waals surface area contributed by atoms with Crippen LogP contribution in [0.25, 0.3) is 10.4 Å². The Labute approximate surface area is 163 Å². The predicted molar refractivity (Wildman–Crippen MR) is 105 cm³/mol. The lowest BCUT2D eigenvalue weighted by Crippen LogP contribution is -2.47. The van der Waals surface area contributed by atoms with Crippen molar-refractivity contribution in [3.63, 3.8) is 0 Å². The summed E-state index contributed by atoms with van der Waals surface area (Å²) in [6.07, 6.45) is 5.58. The normalized spacial score (nSPS) is 12.0. The van der Waals surface area contributed by atoms with Gasteiger partial charge in [-0.1, -0.05) is 71.7 Å². The second kappa shape index (κ2) is 11.1. The summed E-state index contributed by atoms with van der Waals surface area (Å²) in [5.74, 6) is 1.02. The lowest BCUT2D eigenvalue weighted by molar-refractivity contribution is -0.146. The first-order chi connectivity index (χ1) is 13.6. The minimum Gasteiger partial charge on any atom is -0.451 e. The van der Waals surface area contributed by atoms with Crippen molar-refractivity contribution in [3.05, 3.63) is 82.2 Å². The molecule has 1 N–H and O–H groups in total. The van der Waals surface area contributed by atoms with Gasteiger partial charge in [0.15, 0.2) is 6.61 Å². The summed E-state index contributed by atoms with van der Waals surface area (Å²) in [4.78, 5) is 27.8. The zero-order chi connectivity index (χ0) is 20.2. The van der Waals surface area contributed by atoms with Gasteiger partial charge in [0.25, 0.3) is 0 Å². The molecule has 142 valence electrons. The Balaban J connectivity index is 2.14. The molecule has 1 amide bonds. The van der Waals surface area contributed by atoms with E-state index in [2.05, 4.69) is 21.3 Å². The number of carbonyl (C=O) groups excluding carboxylic acids is 2. The monoisotopic (exact) mass is 376 g/mol. The van der Waals surface area contributed by atoms with Crippen LogP contribution in [0.1, 0.15) is 11.1 Å². The number of hydrogen-bond acceptors (Lipinski definition) is 4. The molecule has 0 radical (unpaired) electrons. The highest BCUT2D eigenvalue weighted by Gasteiger charge is 2.26. The van der Waals surface area contributed by atoms with E-state index in [9.17, 15) is 9.59 Å². The Morgan fingerprint density at radius 2 is 1.64 bits per heavy atom. The third kappa shape index (κ3) is 6.52. The molecule has 0 unspecified atom stereocenters. The Hall–Kier alpha value is -3.75. The fraction of sp³-hybridized carbons (Fsp3) is 0.238. The number of carbonyl (C=O) groups is 2. The zero-order valence-electron chi connectivity index (χ0n) is 15.2. The number of amides is 1. The number of terminal acetylenes is 1. The molecule has 0 aliphatic carbocycles. The van der Waals surface area contributed by atoms with Crippen LogP contribution < -0.4 is 5.32 Å². The maximum absolute atomic E-state index is 12.7. The third-order valence-corrected chi connectivity index (χ3v) is 3.95. The Kier molecular flexibility index (Phi) is 8.13. The van der Waals surface area contributed by atoms with Gasteiger partial charge in [0.05, 0.1) is 0 Å². The molecule has 0 saturated carbocycles. The van der Waals surface area contributed by atoms with Crippen LogP contribution in [-0.4, -0.2) is 30.6 Å². The molecule has 0 aromatic heterocycles. The van der Waals surface area contributed by atoms with Crippen LogP contribution >= 0.6 is 0 Å². The SMILES string of the molecule is C#CCOC(=O)[C@H](Cc1ccccc1)NC(=O)[C@H](Cc1ccccc1)N=[N+]=[N-]. The van der Waals surface area contributed by atoms with Gasteiger partial charge in [-0.25, -0.2) is 4.79 Å². The number of nitrogens with one attached hydrogen (secondary N) is 1. The van der Waals surface area contributed by atoms with Gasteiger partial charge in [-0.15, -0.1) is 6.42 Å². The zero-order valence-corrected chi connectivity index (χ0v) is 15.2. The third-order valence-electron chi connectivity index (χ3n) is 3.95. The number of esters is 1. The molecule has 0 bridgehead atoms. The number of azide groups is 1. The van der Waals surface area contributed by atoms with Crippen molar-refractivity contribution >= 4 is 11.9 Å². The predicted octanol–water partition coefficient (Wildman–Crippen LogP) is 2.81. The van der Waals surface area contributed by atoms with Gasteiger partial charge in [0, 0.05) is 11.3 Å². The molecule has 2 aromatic carbocycles. The highest BCUT2D eigenvalue weighted by Crippen LogP contribution is 2.09. The highest BCUT2D eigenvalue weighted by molar-refractivity contribution is 5.88. The second-order valence-corrected chi connectivity index (χ2v) is 5.97. The topological polar surface area (TPSA) is 104 Å². The molecule has 2 aromatic rings. The molecule has 0 spiro atoms. The van der Waals surface area contributed by atoms with Crippen LogP contribution in [0.15, 0.2) is 65.8 Å². The van der Waals surface area contributed by atoms with Crippen molar-refractivity contribution in [2.45, 2.75) is 24.9 Å². The van der Waals surface area contributed by atoms with Crippen LogP contribution in [0, 0.1) is 12.3 Å². The molecule has 0 saturated heterocycles. The number of nitrogens with zero attached hydrogens (tertiary/aromatic N) is 3. The standard InChI is InChI=1S/C21H20N4O3/c1-2-13-28-21(27)19(15-17-11-7-4-8-12-17)23-20(26)18(24-25-22)14-16-9-5-3-6-10-16/h1,3-12,18-19H,13-15H2,(H,23,26)/t18-,19-/m0/s1. The molecule has 28 heavy (non-hydrogen) atoms. The summed E-state index contributed by atoms with van der Waals surface area (Å²) in [7, 11) is 0. The molecule has 7 heteroatoms. The summed E-state index contributed by atoms with van der Waals surface area (Å²) >= 11 is 0. The Bertz CT molecular complexity index is 872. The molecular formula is C21H20N4O3. The summed E-state index contributed by atoms with van der Waals surface area (Å²) in [5.41, 5.74) is 10.5. The van der Waals surface area contributed by atoms with Crippen molar-refractivity contribution in [2.75, 3.05) is 6.61 Å². The Morgan fingerprint density at radius 1 is 1.07 bits per heavy atom. The van der Waals surface area contributed by atoms with Gasteiger partial charge in [0.1, 0.15) is 12.1 Å². The van der Waals surface area contributed by atoms with Gasteiger partial charge in [-0.2, -0.15) is 0 Å². The molecule has 2 rings (SSSR count). The van der Waals surface area contributed by atoms with E-state index in [4.69, 9.17) is 16.7 Å². The fourth-order valence-electron chi connectivity index (χ4n) is 2.61. The maximum Gasteiger partial charge on any atom is 0.329 e.